The summed E-state index contributed by atoms with van der Waals surface area (Å²) < 4.78 is 5.71. The molecule has 0 spiro atoms. The summed E-state index contributed by atoms with van der Waals surface area (Å²) in [6.07, 6.45) is 5.62. The fraction of sp³-hybridized carbons (Fsp3) is 0.550. The first-order chi connectivity index (χ1) is 12.4. The molecule has 1 aromatic rings. The van der Waals surface area contributed by atoms with Gasteiger partial charge < -0.3 is 15.0 Å². The maximum Gasteiger partial charge on any atom is 0.260 e. The van der Waals surface area contributed by atoms with Crippen LogP contribution in [0.3, 0.4) is 0 Å². The van der Waals surface area contributed by atoms with Crippen molar-refractivity contribution >= 4 is 23.3 Å². The van der Waals surface area contributed by atoms with Crippen molar-refractivity contribution in [1.82, 2.24) is 4.90 Å². The molecule has 2 amide bonds. The number of rotatable bonds is 7. The Kier molecular flexibility index (Phi) is 7.18. The van der Waals surface area contributed by atoms with Crippen molar-refractivity contribution in [2.45, 2.75) is 58.9 Å². The number of carbonyl (C=O) groups excluding carboxylic acids is 3. The van der Waals surface area contributed by atoms with Crippen molar-refractivity contribution in [2.24, 2.45) is 0 Å². The molecule has 0 bridgehead atoms. The van der Waals surface area contributed by atoms with Gasteiger partial charge in [0, 0.05) is 25.1 Å². The molecule has 6 heteroatoms. The lowest BCUT2D eigenvalue weighted by molar-refractivity contribution is -0.136. The lowest BCUT2D eigenvalue weighted by Crippen LogP contribution is -2.43. The van der Waals surface area contributed by atoms with Gasteiger partial charge in [0.05, 0.1) is 5.69 Å². The van der Waals surface area contributed by atoms with E-state index in [1.165, 1.54) is 20.3 Å². The molecule has 1 fully saturated rings. The first kappa shape index (κ1) is 19.9. The van der Waals surface area contributed by atoms with Crippen molar-refractivity contribution < 1.29 is 19.1 Å². The zero-order valence-electron chi connectivity index (χ0n) is 15.8. The van der Waals surface area contributed by atoms with E-state index < -0.39 is 0 Å². The van der Waals surface area contributed by atoms with Crippen LogP contribution in [0.4, 0.5) is 5.69 Å². The Morgan fingerprint density at radius 1 is 1.15 bits per heavy atom. The smallest absolute Gasteiger partial charge is 0.260 e. The van der Waals surface area contributed by atoms with Crippen LogP contribution in [0.25, 0.3) is 0 Å². The Bertz CT molecular complexity index is 666. The molecule has 0 radical (unpaired) electrons. The molecule has 0 heterocycles. The van der Waals surface area contributed by atoms with Crippen LogP contribution in [0.2, 0.25) is 0 Å². The number of hydrogen-bond acceptors (Lipinski definition) is 4. The fourth-order valence-electron chi connectivity index (χ4n) is 3.41. The van der Waals surface area contributed by atoms with Crippen LogP contribution in [0.15, 0.2) is 18.2 Å². The molecule has 1 aromatic carbocycles. The minimum absolute atomic E-state index is 0.0681. The molecule has 1 aliphatic rings. The first-order valence-electron chi connectivity index (χ1n) is 9.27. The number of hydrogen-bond donors (Lipinski definition) is 1. The lowest BCUT2D eigenvalue weighted by atomic mass is 9.94. The highest BCUT2D eigenvalue weighted by atomic mass is 16.5. The fourth-order valence-corrected chi connectivity index (χ4v) is 3.41. The van der Waals surface area contributed by atoms with Crippen molar-refractivity contribution in [3.63, 3.8) is 0 Å². The molecule has 0 saturated heterocycles. The van der Waals surface area contributed by atoms with E-state index in [0.29, 0.717) is 23.5 Å². The topological polar surface area (TPSA) is 75.7 Å². The van der Waals surface area contributed by atoms with E-state index in [2.05, 4.69) is 5.32 Å². The second kappa shape index (κ2) is 9.36. The Morgan fingerprint density at radius 3 is 2.42 bits per heavy atom. The summed E-state index contributed by atoms with van der Waals surface area (Å²) in [4.78, 5) is 37.5. The Morgan fingerprint density at radius 2 is 1.85 bits per heavy atom. The predicted molar refractivity (Wildman–Crippen MR) is 101 cm³/mol. The third kappa shape index (κ3) is 5.31. The third-order valence-corrected chi connectivity index (χ3v) is 4.73. The molecule has 6 nitrogen and oxygen atoms in total. The maximum absolute atomic E-state index is 12.6. The normalized spacial score (nSPS) is 14.6. The van der Waals surface area contributed by atoms with E-state index in [-0.39, 0.29) is 30.2 Å². The van der Waals surface area contributed by atoms with Crippen LogP contribution in [-0.2, 0) is 9.59 Å². The molecular weight excluding hydrogens is 332 g/mol. The maximum atomic E-state index is 12.6. The molecule has 26 heavy (non-hydrogen) atoms. The van der Waals surface area contributed by atoms with Gasteiger partial charge in [-0.3, -0.25) is 14.4 Å². The van der Waals surface area contributed by atoms with E-state index in [1.54, 1.807) is 18.2 Å². The van der Waals surface area contributed by atoms with Gasteiger partial charge >= 0.3 is 0 Å². The molecule has 1 N–H and O–H groups in total. The zero-order valence-corrected chi connectivity index (χ0v) is 15.8. The standard InChI is InChI=1S/C20H28N2O4/c1-4-22(17-8-6-5-7-9-17)20(25)13-26-19-12-16(14(2)23)10-11-18(19)21-15(3)24/h10-12,17H,4-9,13H2,1-3H3,(H,21,24). The number of nitrogens with one attached hydrogen (secondary N) is 1. The van der Waals surface area contributed by atoms with E-state index >= 15 is 0 Å². The molecule has 0 aliphatic heterocycles. The van der Waals surface area contributed by atoms with Crippen LogP contribution < -0.4 is 10.1 Å². The molecular formula is C20H28N2O4. The first-order valence-corrected chi connectivity index (χ1v) is 9.27. The van der Waals surface area contributed by atoms with Gasteiger partial charge in [0.15, 0.2) is 12.4 Å². The Hall–Kier alpha value is -2.37. The van der Waals surface area contributed by atoms with Crippen molar-refractivity contribution in [3.05, 3.63) is 23.8 Å². The summed E-state index contributed by atoms with van der Waals surface area (Å²) in [7, 11) is 0. The average Bonchev–Trinajstić information content (AvgIpc) is 2.61. The number of Topliss-reactive ketones (excluding diaryl/α,β-unsaturated/α-hetero) is 1. The van der Waals surface area contributed by atoms with E-state index in [0.717, 1.165) is 25.7 Å². The molecule has 0 aromatic heterocycles. The number of ketones is 1. The van der Waals surface area contributed by atoms with Crippen molar-refractivity contribution in [1.29, 1.82) is 0 Å². The Balaban J connectivity index is 2.10. The number of anilines is 1. The SMILES string of the molecule is CCN(C(=O)COc1cc(C(C)=O)ccc1NC(C)=O)C1CCCCC1. The van der Waals surface area contributed by atoms with E-state index in [9.17, 15) is 14.4 Å². The zero-order chi connectivity index (χ0) is 19.1. The quantitative estimate of drug-likeness (QED) is 0.756. The number of benzene rings is 1. The number of likely N-dealkylation sites (N-methyl/N-ethyl adjacent to an activating group) is 1. The van der Waals surface area contributed by atoms with Gasteiger partial charge in [-0.05, 0) is 44.9 Å². The van der Waals surface area contributed by atoms with Crippen LogP contribution in [0, 0.1) is 0 Å². The van der Waals surface area contributed by atoms with E-state index in [4.69, 9.17) is 4.74 Å². The monoisotopic (exact) mass is 360 g/mol. The van der Waals surface area contributed by atoms with Gasteiger partial charge in [-0.25, -0.2) is 0 Å². The lowest BCUT2D eigenvalue weighted by Gasteiger charge is -2.33. The van der Waals surface area contributed by atoms with Gasteiger partial charge in [0.2, 0.25) is 5.91 Å². The largest absolute Gasteiger partial charge is 0.482 e. The van der Waals surface area contributed by atoms with Gasteiger partial charge in [0.1, 0.15) is 5.75 Å². The number of carbonyl (C=O) groups is 3. The van der Waals surface area contributed by atoms with Crippen molar-refractivity contribution in [2.75, 3.05) is 18.5 Å². The van der Waals surface area contributed by atoms with Gasteiger partial charge in [0.25, 0.3) is 5.91 Å². The summed E-state index contributed by atoms with van der Waals surface area (Å²) in [6, 6.07) is 5.10. The van der Waals surface area contributed by atoms with E-state index in [1.807, 2.05) is 11.8 Å². The number of ether oxygens (including phenoxy) is 1. The van der Waals surface area contributed by atoms with Crippen LogP contribution in [-0.4, -0.2) is 41.7 Å². The highest BCUT2D eigenvalue weighted by Crippen LogP contribution is 2.27. The van der Waals surface area contributed by atoms with Crippen LogP contribution in [0.1, 0.15) is 63.2 Å². The Labute approximate surface area is 154 Å². The molecule has 0 unspecified atom stereocenters. The summed E-state index contributed by atoms with van der Waals surface area (Å²) in [5.41, 5.74) is 0.928. The summed E-state index contributed by atoms with van der Waals surface area (Å²) in [5.74, 6) is -0.0792. The highest BCUT2D eigenvalue weighted by molar-refractivity contribution is 5.96. The summed E-state index contributed by atoms with van der Waals surface area (Å²) in [5, 5.41) is 2.67. The second-order valence-electron chi connectivity index (χ2n) is 6.71. The molecule has 142 valence electrons. The summed E-state index contributed by atoms with van der Waals surface area (Å²) in [6.45, 7) is 5.38. The molecule has 1 saturated carbocycles. The predicted octanol–water partition coefficient (Wildman–Crippen LogP) is 3.41. The molecule has 2 rings (SSSR count). The molecule has 0 atom stereocenters. The van der Waals surface area contributed by atoms with Crippen LogP contribution >= 0.6 is 0 Å². The van der Waals surface area contributed by atoms with Gasteiger partial charge in [-0.2, -0.15) is 0 Å². The van der Waals surface area contributed by atoms with Gasteiger partial charge in [-0.15, -0.1) is 0 Å². The highest BCUT2D eigenvalue weighted by Gasteiger charge is 2.24. The van der Waals surface area contributed by atoms with Gasteiger partial charge in [-0.1, -0.05) is 19.3 Å². The second-order valence-corrected chi connectivity index (χ2v) is 6.71. The molecule has 1 aliphatic carbocycles. The average molecular weight is 360 g/mol. The number of amides is 2. The summed E-state index contributed by atoms with van der Waals surface area (Å²) >= 11 is 0. The minimum atomic E-state index is -0.242. The number of nitrogens with zero attached hydrogens (tertiary/aromatic N) is 1. The van der Waals surface area contributed by atoms with Crippen LogP contribution in [0.5, 0.6) is 5.75 Å². The van der Waals surface area contributed by atoms with Crippen molar-refractivity contribution in [3.8, 4) is 5.75 Å². The third-order valence-electron chi connectivity index (χ3n) is 4.73. The minimum Gasteiger partial charge on any atom is -0.482 e.